The van der Waals surface area contributed by atoms with Gasteiger partial charge in [0.05, 0.1) is 40.3 Å². The summed E-state index contributed by atoms with van der Waals surface area (Å²) in [6, 6.07) is -0.731. The minimum absolute atomic E-state index is 0.0345. The lowest BCUT2D eigenvalue weighted by Crippen LogP contribution is -2.55. The third-order valence-corrected chi connectivity index (χ3v) is 12.1. The SMILES string of the molecule is CC/C=C/C/C=C/C/C=C/C/C=C/CCCCCCCCCC(=O)OCC(COCCC(C(=O)[O-])[N+](C)(C)C)OC(=O)CCCCCCCCC/C=C/CCCCCCCCCCCCC. The highest BCUT2D eigenvalue weighted by Crippen LogP contribution is 2.15. The number of allylic oxidation sites excluding steroid dienone is 10. The van der Waals surface area contributed by atoms with Gasteiger partial charge in [-0.1, -0.05) is 203 Å². The number of hydrogen-bond acceptors (Lipinski definition) is 7. The highest BCUT2D eigenvalue weighted by atomic mass is 16.6. The molecule has 0 aromatic carbocycles. The van der Waals surface area contributed by atoms with Crippen molar-refractivity contribution in [3.63, 3.8) is 0 Å². The molecule has 0 aliphatic heterocycles. The molecule has 0 N–H and O–H groups in total. The van der Waals surface area contributed by atoms with Crippen molar-refractivity contribution in [1.82, 2.24) is 0 Å². The van der Waals surface area contributed by atoms with E-state index < -0.39 is 18.1 Å². The van der Waals surface area contributed by atoms with Gasteiger partial charge >= 0.3 is 11.9 Å². The lowest BCUT2D eigenvalue weighted by Gasteiger charge is -2.34. The van der Waals surface area contributed by atoms with E-state index in [0.717, 1.165) is 70.6 Å². The molecule has 0 rings (SSSR count). The third kappa shape index (κ3) is 46.2. The number of carboxylic acid groups (broad SMARTS) is 1. The van der Waals surface area contributed by atoms with Gasteiger partial charge in [-0.3, -0.25) is 9.59 Å². The molecule has 0 spiro atoms. The normalized spacial score (nSPS) is 13.3. The standard InChI is InChI=1S/C58H103NO7/c1-6-8-10-12-14-16-18-20-22-24-26-28-29-31-33-35-37-39-41-43-45-47-49-57(61)66-54(52-64-51-50-55(58(62)63)59(3,4)5)53-65-56(60)48-46-44-42-40-38-36-34-32-30-27-25-23-21-19-17-15-13-11-9-7-2/h9,11,15,17,21,23,27,29-31,54-55H,6-8,10,12-14,16,18-20,22,24-26,28,32-53H2,1-5H3/b11-9+,17-15+,23-21+,30-27+,31-29+. The van der Waals surface area contributed by atoms with E-state index in [-0.39, 0.29) is 42.7 Å². The van der Waals surface area contributed by atoms with E-state index in [9.17, 15) is 19.5 Å². The minimum Gasteiger partial charge on any atom is -0.544 e. The lowest BCUT2D eigenvalue weighted by atomic mass is 10.0. The average Bonchev–Trinajstić information content (AvgIpc) is 3.28. The Morgan fingerprint density at radius 3 is 1.27 bits per heavy atom. The maximum absolute atomic E-state index is 12.8. The van der Waals surface area contributed by atoms with Gasteiger partial charge in [0.15, 0.2) is 6.10 Å². The van der Waals surface area contributed by atoms with Crippen LogP contribution < -0.4 is 5.11 Å². The van der Waals surface area contributed by atoms with Crippen LogP contribution in [0.2, 0.25) is 0 Å². The van der Waals surface area contributed by atoms with Crippen LogP contribution in [-0.2, 0) is 28.6 Å². The molecule has 0 aliphatic rings. The van der Waals surface area contributed by atoms with Crippen molar-refractivity contribution >= 4 is 17.9 Å². The summed E-state index contributed by atoms with van der Waals surface area (Å²) < 4.78 is 17.3. The van der Waals surface area contributed by atoms with Crippen LogP contribution in [0.5, 0.6) is 0 Å². The average molecular weight is 926 g/mol. The number of ether oxygens (including phenoxy) is 3. The molecule has 0 saturated carbocycles. The maximum atomic E-state index is 12.8. The van der Waals surface area contributed by atoms with Crippen LogP contribution >= 0.6 is 0 Å². The zero-order valence-corrected chi connectivity index (χ0v) is 43.6. The highest BCUT2D eigenvalue weighted by molar-refractivity contribution is 5.70. The summed E-state index contributed by atoms with van der Waals surface area (Å²) in [7, 11) is 5.41. The predicted molar refractivity (Wildman–Crippen MR) is 277 cm³/mol. The van der Waals surface area contributed by atoms with Crippen LogP contribution in [0.15, 0.2) is 60.8 Å². The molecule has 0 aromatic rings. The Morgan fingerprint density at radius 2 is 0.848 bits per heavy atom. The molecule has 0 heterocycles. The van der Waals surface area contributed by atoms with Gasteiger partial charge in [0, 0.05) is 19.3 Å². The quantitative estimate of drug-likeness (QED) is 0.0259. The summed E-state index contributed by atoms with van der Waals surface area (Å²) in [6.07, 6.45) is 61.1. The fourth-order valence-corrected chi connectivity index (χ4v) is 7.94. The molecule has 382 valence electrons. The molecular weight excluding hydrogens is 823 g/mol. The molecular formula is C58H103NO7. The maximum Gasteiger partial charge on any atom is 0.306 e. The van der Waals surface area contributed by atoms with Crippen molar-refractivity contribution in [2.24, 2.45) is 0 Å². The molecule has 0 fully saturated rings. The van der Waals surface area contributed by atoms with Crippen LogP contribution in [0.1, 0.15) is 239 Å². The summed E-state index contributed by atoms with van der Waals surface area (Å²) >= 11 is 0. The topological polar surface area (TPSA) is 102 Å². The van der Waals surface area contributed by atoms with E-state index in [0.29, 0.717) is 12.8 Å². The number of carbonyl (C=O) groups excluding carboxylic acids is 3. The van der Waals surface area contributed by atoms with Crippen LogP contribution in [-0.4, -0.2) is 75.5 Å². The van der Waals surface area contributed by atoms with Gasteiger partial charge in [-0.25, -0.2) is 0 Å². The number of carbonyl (C=O) groups is 3. The van der Waals surface area contributed by atoms with Crippen molar-refractivity contribution in [2.75, 3.05) is 41.0 Å². The van der Waals surface area contributed by atoms with Crippen molar-refractivity contribution in [1.29, 1.82) is 0 Å². The number of hydrogen-bond donors (Lipinski definition) is 0. The van der Waals surface area contributed by atoms with Gasteiger partial charge in [-0.15, -0.1) is 0 Å². The number of esters is 2. The van der Waals surface area contributed by atoms with Gasteiger partial charge < -0.3 is 28.6 Å². The van der Waals surface area contributed by atoms with Crippen molar-refractivity contribution in [2.45, 2.75) is 251 Å². The second-order valence-corrected chi connectivity index (χ2v) is 19.4. The van der Waals surface area contributed by atoms with Gasteiger partial charge in [0.2, 0.25) is 0 Å². The van der Waals surface area contributed by atoms with E-state index in [1.54, 1.807) is 21.1 Å². The number of carboxylic acids is 1. The predicted octanol–water partition coefficient (Wildman–Crippen LogP) is 14.8. The van der Waals surface area contributed by atoms with Gasteiger partial charge in [0.25, 0.3) is 0 Å². The monoisotopic (exact) mass is 926 g/mol. The Balaban J connectivity index is 4.23. The van der Waals surface area contributed by atoms with Crippen LogP contribution in [0.4, 0.5) is 0 Å². The van der Waals surface area contributed by atoms with Crippen molar-refractivity contribution < 1.29 is 38.2 Å². The summed E-state index contributed by atoms with van der Waals surface area (Å²) in [6.45, 7) is 4.56. The molecule has 8 nitrogen and oxygen atoms in total. The molecule has 0 aromatic heterocycles. The number of aliphatic carboxylic acids is 1. The van der Waals surface area contributed by atoms with Crippen molar-refractivity contribution in [3.8, 4) is 0 Å². The summed E-state index contributed by atoms with van der Waals surface area (Å²) in [5, 5.41) is 11.7. The van der Waals surface area contributed by atoms with E-state index in [1.165, 1.54) is 135 Å². The number of nitrogens with zero attached hydrogens (tertiary/aromatic N) is 1. The Labute approximate surface area is 407 Å². The molecule has 8 heteroatoms. The highest BCUT2D eigenvalue weighted by Gasteiger charge is 2.25. The lowest BCUT2D eigenvalue weighted by molar-refractivity contribution is -0.889. The smallest absolute Gasteiger partial charge is 0.306 e. The second-order valence-electron chi connectivity index (χ2n) is 19.4. The van der Waals surface area contributed by atoms with Gasteiger partial charge in [-0.05, 0) is 77.0 Å². The second kappa shape index (κ2) is 48.5. The Hall–Kier alpha value is -2.97. The van der Waals surface area contributed by atoms with E-state index in [4.69, 9.17) is 14.2 Å². The first-order valence-electron chi connectivity index (χ1n) is 27.3. The molecule has 0 bridgehead atoms. The van der Waals surface area contributed by atoms with E-state index in [2.05, 4.69) is 74.6 Å². The summed E-state index contributed by atoms with van der Waals surface area (Å²) in [5.41, 5.74) is 0. The Kier molecular flexibility index (Phi) is 46.3. The first-order chi connectivity index (χ1) is 32.1. The number of rotatable bonds is 49. The molecule has 0 amide bonds. The molecule has 0 aliphatic carbocycles. The van der Waals surface area contributed by atoms with Gasteiger partial charge in [-0.2, -0.15) is 0 Å². The first-order valence-corrected chi connectivity index (χ1v) is 27.3. The molecule has 66 heavy (non-hydrogen) atoms. The zero-order valence-electron chi connectivity index (χ0n) is 43.6. The largest absolute Gasteiger partial charge is 0.544 e. The minimum atomic E-state index is -1.13. The number of unbranched alkanes of at least 4 members (excludes halogenated alkanes) is 25. The zero-order chi connectivity index (χ0) is 48.4. The molecule has 0 radical (unpaired) electrons. The van der Waals surface area contributed by atoms with Crippen LogP contribution in [0.3, 0.4) is 0 Å². The Bertz CT molecular complexity index is 1260. The van der Waals surface area contributed by atoms with Crippen molar-refractivity contribution in [3.05, 3.63) is 60.8 Å². The van der Waals surface area contributed by atoms with Crippen LogP contribution in [0, 0.1) is 0 Å². The van der Waals surface area contributed by atoms with E-state index >= 15 is 0 Å². The number of likely N-dealkylation sites (N-methyl/N-ethyl adjacent to an activating group) is 1. The summed E-state index contributed by atoms with van der Waals surface area (Å²) in [5.74, 6) is -1.75. The van der Waals surface area contributed by atoms with Crippen LogP contribution in [0.25, 0.3) is 0 Å². The summed E-state index contributed by atoms with van der Waals surface area (Å²) in [4.78, 5) is 37.1. The molecule has 2 atom stereocenters. The molecule has 0 saturated heterocycles. The fraction of sp³-hybridized carbons (Fsp3) is 0.776. The Morgan fingerprint density at radius 1 is 0.470 bits per heavy atom. The first kappa shape index (κ1) is 63.0. The third-order valence-electron chi connectivity index (χ3n) is 12.1. The fourth-order valence-electron chi connectivity index (χ4n) is 7.94. The van der Waals surface area contributed by atoms with Gasteiger partial charge in [0.1, 0.15) is 12.6 Å². The number of quaternary nitrogens is 1. The van der Waals surface area contributed by atoms with E-state index in [1.807, 2.05) is 0 Å². The molecule has 2 unspecified atom stereocenters.